The van der Waals surface area contributed by atoms with Crippen LogP contribution in [0.2, 0.25) is 0 Å². The van der Waals surface area contributed by atoms with Crippen LogP contribution in [-0.4, -0.2) is 79.5 Å². The van der Waals surface area contributed by atoms with Crippen LogP contribution >= 0.6 is 69.6 Å². The number of hydrogen-bond donors (Lipinski definition) is 0. The van der Waals surface area contributed by atoms with Gasteiger partial charge in [0.2, 0.25) is 7.59 Å². The number of hydrazine groups is 1. The van der Waals surface area contributed by atoms with Crippen molar-refractivity contribution < 1.29 is 28.5 Å². The summed E-state index contributed by atoms with van der Waals surface area (Å²) in [4.78, 5) is 25.9. The fourth-order valence-electron chi connectivity index (χ4n) is 4.68. The molecule has 3 aliphatic heterocycles. The molecule has 0 N–H and O–H groups in total. The Labute approximate surface area is 202 Å². The maximum Gasteiger partial charge on any atom is 0.429 e. The molecule has 5 rings (SSSR count). The predicted octanol–water partition coefficient (Wildman–Crippen LogP) is 4.16. The molecule has 0 aromatic rings. The van der Waals surface area contributed by atoms with Crippen molar-refractivity contribution in [2.24, 2.45) is 0 Å². The SMILES string of the molecule is COC1C[C@@]23O[C@]2(C1)[C@@H]1C=C[C@H]3N(C(=O)OCC(Cl)(Cl)Cl)N1C(=O)OCC(Cl)(Cl)Cl. The first-order chi connectivity index (χ1) is 13.8. The van der Waals surface area contributed by atoms with Gasteiger partial charge < -0.3 is 18.9 Å². The minimum Gasteiger partial charge on any atom is -0.444 e. The Kier molecular flexibility index (Phi) is 5.77. The van der Waals surface area contributed by atoms with E-state index in [1.165, 1.54) is 0 Å². The lowest BCUT2D eigenvalue weighted by Gasteiger charge is -2.50. The smallest absolute Gasteiger partial charge is 0.429 e. The minimum absolute atomic E-state index is 0.0974. The van der Waals surface area contributed by atoms with Gasteiger partial charge in [0.1, 0.15) is 36.5 Å². The Hall–Kier alpha value is -0.0600. The molecule has 14 heteroatoms. The number of carbonyl (C=O) groups is 2. The standard InChI is InChI=1S/C16H16Cl6N2O6/c1-27-8-4-13-9-2-3-10(14(13,5-8)30-13)24(12(26)29-7-16(20,21)22)23(9)11(25)28-6-15(17,18)19/h2-3,8-10H,4-7H2,1H3/t8?,9-,10+,13+,14-. The maximum atomic E-state index is 12.9. The first kappa shape index (κ1) is 23.1. The van der Waals surface area contributed by atoms with Crippen molar-refractivity contribution in [3.63, 3.8) is 0 Å². The lowest BCUT2D eigenvalue weighted by Crippen LogP contribution is -2.71. The lowest BCUT2D eigenvalue weighted by atomic mass is 9.76. The third-order valence-electron chi connectivity index (χ3n) is 5.72. The van der Waals surface area contributed by atoms with Crippen LogP contribution in [0.15, 0.2) is 12.2 Å². The second-order valence-corrected chi connectivity index (χ2v) is 12.5. The average molecular weight is 545 g/mol. The van der Waals surface area contributed by atoms with E-state index in [0.717, 1.165) is 10.0 Å². The van der Waals surface area contributed by atoms with Crippen molar-refractivity contribution >= 4 is 81.8 Å². The molecule has 3 fully saturated rings. The van der Waals surface area contributed by atoms with E-state index >= 15 is 0 Å². The molecule has 2 saturated heterocycles. The fraction of sp³-hybridized carbons (Fsp3) is 0.750. The Bertz CT molecular complexity index is 727. The third-order valence-corrected chi connectivity index (χ3v) is 6.37. The van der Waals surface area contributed by atoms with Crippen LogP contribution in [0.3, 0.4) is 0 Å². The van der Waals surface area contributed by atoms with Crippen molar-refractivity contribution in [3.8, 4) is 0 Å². The second kappa shape index (κ2) is 7.48. The van der Waals surface area contributed by atoms with E-state index in [9.17, 15) is 9.59 Å². The zero-order valence-corrected chi connectivity index (χ0v) is 19.9. The predicted molar refractivity (Wildman–Crippen MR) is 110 cm³/mol. The number of ether oxygens (including phenoxy) is 4. The maximum absolute atomic E-state index is 12.9. The number of methoxy groups -OCH3 is 1. The molecule has 1 unspecified atom stereocenters. The number of hydrogen-bond acceptors (Lipinski definition) is 6. The highest BCUT2D eigenvalue weighted by atomic mass is 35.6. The molecule has 2 bridgehead atoms. The van der Waals surface area contributed by atoms with Gasteiger partial charge in [-0.1, -0.05) is 81.8 Å². The van der Waals surface area contributed by atoms with Gasteiger partial charge >= 0.3 is 12.2 Å². The Morgan fingerprint density at radius 1 is 0.933 bits per heavy atom. The zero-order valence-electron chi connectivity index (χ0n) is 15.3. The number of carbonyl (C=O) groups excluding carboxylic acids is 2. The van der Waals surface area contributed by atoms with E-state index in [2.05, 4.69) is 0 Å². The van der Waals surface area contributed by atoms with Gasteiger partial charge in [-0.15, -0.1) is 0 Å². The van der Waals surface area contributed by atoms with Gasteiger partial charge in [0, 0.05) is 20.0 Å². The third kappa shape index (κ3) is 3.71. The van der Waals surface area contributed by atoms with Gasteiger partial charge in [-0.05, 0) is 0 Å². The van der Waals surface area contributed by atoms with Crippen LogP contribution in [0, 0.1) is 0 Å². The normalized spacial score (nSPS) is 36.4. The highest BCUT2D eigenvalue weighted by Gasteiger charge is 2.86. The highest BCUT2D eigenvalue weighted by molar-refractivity contribution is 6.68. The van der Waals surface area contributed by atoms with E-state index in [1.54, 1.807) is 19.3 Å². The molecule has 0 radical (unpaired) electrons. The van der Waals surface area contributed by atoms with Crippen molar-refractivity contribution in [3.05, 3.63) is 12.2 Å². The molecule has 0 spiro atoms. The topological polar surface area (TPSA) is 80.8 Å². The number of alkyl halides is 6. The molecular weight excluding hydrogens is 529 g/mol. The van der Waals surface area contributed by atoms with Gasteiger partial charge in [0.05, 0.1) is 6.10 Å². The van der Waals surface area contributed by atoms with Crippen LogP contribution in [-0.2, 0) is 18.9 Å². The molecule has 2 amide bonds. The summed E-state index contributed by atoms with van der Waals surface area (Å²) in [5.41, 5.74) is -1.42. The van der Waals surface area contributed by atoms with E-state index in [-0.39, 0.29) is 6.10 Å². The summed E-state index contributed by atoms with van der Waals surface area (Å²) in [6, 6.07) is -1.32. The Balaban J connectivity index is 1.63. The van der Waals surface area contributed by atoms with Crippen LogP contribution in [0.25, 0.3) is 0 Å². The molecule has 2 aliphatic carbocycles. The molecule has 8 nitrogen and oxygen atoms in total. The van der Waals surface area contributed by atoms with Crippen LogP contribution in [0.5, 0.6) is 0 Å². The fourth-order valence-corrected chi connectivity index (χ4v) is 5.00. The molecule has 0 aromatic carbocycles. The van der Waals surface area contributed by atoms with E-state index in [0.29, 0.717) is 12.8 Å². The Morgan fingerprint density at radius 2 is 1.33 bits per heavy atom. The summed E-state index contributed by atoms with van der Waals surface area (Å²) in [5.74, 6) is 0. The number of amides is 2. The lowest BCUT2D eigenvalue weighted by molar-refractivity contribution is -0.0881. The van der Waals surface area contributed by atoms with Gasteiger partial charge in [-0.3, -0.25) is 0 Å². The first-order valence-corrected chi connectivity index (χ1v) is 11.1. The Morgan fingerprint density at radius 3 is 1.67 bits per heavy atom. The summed E-state index contributed by atoms with van der Waals surface area (Å²) < 4.78 is 18.3. The molecule has 3 heterocycles. The molecule has 0 aromatic heterocycles. The van der Waals surface area contributed by atoms with E-state index in [4.69, 9.17) is 88.6 Å². The van der Waals surface area contributed by atoms with Crippen LogP contribution in [0.4, 0.5) is 9.59 Å². The zero-order chi connectivity index (χ0) is 22.1. The summed E-state index contributed by atoms with van der Waals surface area (Å²) in [6.45, 7) is -1.05. The second-order valence-electron chi connectivity index (χ2n) is 7.45. The number of nitrogens with zero attached hydrogens (tertiary/aromatic N) is 2. The van der Waals surface area contributed by atoms with Crippen LogP contribution < -0.4 is 0 Å². The van der Waals surface area contributed by atoms with Gasteiger partial charge in [0.15, 0.2) is 0 Å². The number of epoxide rings is 1. The molecule has 5 aliphatic rings. The summed E-state index contributed by atoms with van der Waals surface area (Å²) in [6.07, 6.45) is 2.73. The number of fused-ring (bicyclic) bond motifs is 1. The summed E-state index contributed by atoms with van der Waals surface area (Å²) in [7, 11) is 1.60. The number of rotatable bonds is 3. The van der Waals surface area contributed by atoms with Gasteiger partial charge in [-0.2, -0.15) is 0 Å². The molecule has 1 saturated carbocycles. The average Bonchev–Trinajstić information content (AvgIpc) is 3.21. The van der Waals surface area contributed by atoms with Gasteiger partial charge in [-0.25, -0.2) is 19.6 Å². The van der Waals surface area contributed by atoms with Gasteiger partial charge in [0.25, 0.3) is 0 Å². The van der Waals surface area contributed by atoms with Crippen molar-refractivity contribution in [2.45, 2.75) is 49.8 Å². The first-order valence-electron chi connectivity index (χ1n) is 8.80. The molecule has 30 heavy (non-hydrogen) atoms. The van der Waals surface area contributed by atoms with E-state index < -0.39 is 56.3 Å². The largest absolute Gasteiger partial charge is 0.444 e. The number of halogens is 6. The minimum atomic E-state index is -1.83. The van der Waals surface area contributed by atoms with Crippen molar-refractivity contribution in [1.29, 1.82) is 0 Å². The van der Waals surface area contributed by atoms with E-state index in [1.807, 2.05) is 0 Å². The molecule has 168 valence electrons. The summed E-state index contributed by atoms with van der Waals surface area (Å²) >= 11 is 34.1. The quantitative estimate of drug-likeness (QED) is 0.301. The molecule has 5 atom stereocenters. The summed E-state index contributed by atoms with van der Waals surface area (Å²) in [5, 5.41) is 2.20. The monoisotopic (exact) mass is 542 g/mol. The highest BCUT2D eigenvalue weighted by Crippen LogP contribution is 2.70. The molecular formula is C16H16Cl6N2O6. The van der Waals surface area contributed by atoms with Crippen LogP contribution in [0.1, 0.15) is 12.8 Å². The van der Waals surface area contributed by atoms with Crippen molar-refractivity contribution in [2.75, 3.05) is 20.3 Å². The van der Waals surface area contributed by atoms with Crippen molar-refractivity contribution in [1.82, 2.24) is 10.0 Å².